The van der Waals surface area contributed by atoms with Crippen molar-refractivity contribution in [1.82, 2.24) is 0 Å². The van der Waals surface area contributed by atoms with E-state index in [1.807, 2.05) is 0 Å². The number of carbonyl (C=O) groups excluding carboxylic acids is 1. The summed E-state index contributed by atoms with van der Waals surface area (Å²) in [7, 11) is 0. The van der Waals surface area contributed by atoms with Crippen molar-refractivity contribution in [3.05, 3.63) is 0 Å². The maximum atomic E-state index is 10.7. The molecule has 3 N–H and O–H groups in total. The number of hydrogen-bond donors (Lipinski definition) is 3. The van der Waals surface area contributed by atoms with Gasteiger partial charge in [0.25, 0.3) is 0 Å². The van der Waals surface area contributed by atoms with Crippen molar-refractivity contribution in [1.29, 1.82) is 0 Å². The van der Waals surface area contributed by atoms with Gasteiger partial charge in [0.15, 0.2) is 6.29 Å². The minimum atomic E-state index is -1.07. The molecule has 1 aliphatic heterocycles. The van der Waals surface area contributed by atoms with Crippen LogP contribution in [0.2, 0.25) is 0 Å². The summed E-state index contributed by atoms with van der Waals surface area (Å²) in [6.45, 7) is 1.70. The Labute approximate surface area is 113 Å². The summed E-state index contributed by atoms with van der Waals surface area (Å²) in [4.78, 5) is 10.7. The fourth-order valence-electron chi connectivity index (χ4n) is 2.04. The van der Waals surface area contributed by atoms with Gasteiger partial charge < -0.3 is 29.6 Å². The zero-order valence-corrected chi connectivity index (χ0v) is 11.3. The maximum absolute atomic E-state index is 10.7. The van der Waals surface area contributed by atoms with Crippen LogP contribution in [0.1, 0.15) is 39.0 Å². The molecule has 1 fully saturated rings. The number of hydrogen-bond acceptors (Lipinski definition) is 6. The van der Waals surface area contributed by atoms with Gasteiger partial charge in [-0.1, -0.05) is 6.42 Å². The monoisotopic (exact) mass is 276 g/mol. The highest BCUT2D eigenvalue weighted by Gasteiger charge is 2.36. The average molecular weight is 276 g/mol. The van der Waals surface area contributed by atoms with Crippen molar-refractivity contribution in [3.63, 3.8) is 0 Å². The Bertz CT molecular complexity index is 270. The van der Waals surface area contributed by atoms with E-state index in [0.29, 0.717) is 13.0 Å². The number of carbonyl (C=O) groups is 1. The standard InChI is InChI=1S/C13H24O6/c1-9(15)5-3-2-4-6-18-12-7-10(16)13(17)11(8-14)19-12/h10-14,16-17H,2-8H2,1H3/t10-,11-,12-,13+/m1/s1. The molecule has 4 atom stereocenters. The number of rotatable bonds is 8. The molecular weight excluding hydrogens is 252 g/mol. The summed E-state index contributed by atoms with van der Waals surface area (Å²) in [5.74, 6) is 0.194. The molecule has 0 saturated carbocycles. The SMILES string of the molecule is CC(=O)CCCCCO[C@H]1C[C@@H](O)[C@H](O)[C@@H](CO)O1. The largest absolute Gasteiger partial charge is 0.394 e. The van der Waals surface area contributed by atoms with Gasteiger partial charge in [-0.25, -0.2) is 0 Å². The quantitative estimate of drug-likeness (QED) is 0.539. The Balaban J connectivity index is 2.14. The molecule has 1 heterocycles. The van der Waals surface area contributed by atoms with Gasteiger partial charge in [0.2, 0.25) is 0 Å². The molecule has 0 bridgehead atoms. The highest BCUT2D eigenvalue weighted by atomic mass is 16.7. The van der Waals surface area contributed by atoms with E-state index < -0.39 is 24.6 Å². The number of unbranched alkanes of at least 4 members (excludes halogenated alkanes) is 2. The van der Waals surface area contributed by atoms with E-state index in [1.165, 1.54) is 0 Å². The topological polar surface area (TPSA) is 96.2 Å². The molecule has 112 valence electrons. The molecule has 1 aliphatic rings. The third-order valence-electron chi connectivity index (χ3n) is 3.19. The van der Waals surface area contributed by atoms with Crippen LogP contribution in [0.5, 0.6) is 0 Å². The van der Waals surface area contributed by atoms with Gasteiger partial charge in [0, 0.05) is 19.4 Å². The second kappa shape index (κ2) is 8.60. The van der Waals surface area contributed by atoms with E-state index in [2.05, 4.69) is 0 Å². The van der Waals surface area contributed by atoms with Crippen molar-refractivity contribution in [2.75, 3.05) is 13.2 Å². The first-order chi connectivity index (χ1) is 9.04. The van der Waals surface area contributed by atoms with Crippen molar-refractivity contribution >= 4 is 5.78 Å². The third kappa shape index (κ3) is 5.97. The van der Waals surface area contributed by atoms with Crippen LogP contribution in [0.15, 0.2) is 0 Å². The van der Waals surface area contributed by atoms with E-state index in [0.717, 1.165) is 19.3 Å². The summed E-state index contributed by atoms with van der Waals surface area (Å²) >= 11 is 0. The molecule has 0 radical (unpaired) electrons. The molecule has 1 rings (SSSR count). The van der Waals surface area contributed by atoms with Crippen LogP contribution >= 0.6 is 0 Å². The van der Waals surface area contributed by atoms with E-state index in [9.17, 15) is 15.0 Å². The maximum Gasteiger partial charge on any atom is 0.160 e. The lowest BCUT2D eigenvalue weighted by molar-refractivity contribution is -0.256. The van der Waals surface area contributed by atoms with Gasteiger partial charge in [-0.15, -0.1) is 0 Å². The molecule has 19 heavy (non-hydrogen) atoms. The molecule has 0 aromatic heterocycles. The van der Waals surface area contributed by atoms with Crippen LogP contribution < -0.4 is 0 Å². The molecule has 0 aliphatic carbocycles. The molecule has 0 amide bonds. The van der Waals surface area contributed by atoms with E-state index in [1.54, 1.807) is 6.92 Å². The molecule has 0 aromatic rings. The smallest absolute Gasteiger partial charge is 0.160 e. The average Bonchev–Trinajstić information content (AvgIpc) is 2.37. The van der Waals surface area contributed by atoms with Gasteiger partial charge in [-0.05, 0) is 19.8 Å². The van der Waals surface area contributed by atoms with E-state index in [4.69, 9.17) is 14.6 Å². The van der Waals surface area contributed by atoms with Crippen LogP contribution in [0.25, 0.3) is 0 Å². The van der Waals surface area contributed by atoms with Crippen LogP contribution in [0.4, 0.5) is 0 Å². The predicted molar refractivity (Wildman–Crippen MR) is 67.5 cm³/mol. The minimum absolute atomic E-state index is 0.194. The number of aliphatic hydroxyl groups is 3. The molecule has 0 unspecified atom stereocenters. The van der Waals surface area contributed by atoms with Crippen molar-refractivity contribution < 1.29 is 29.6 Å². The molecule has 1 saturated heterocycles. The molecule has 0 aromatic carbocycles. The normalized spacial score (nSPS) is 31.4. The van der Waals surface area contributed by atoms with Gasteiger partial charge in [0.05, 0.1) is 12.7 Å². The summed E-state index contributed by atoms with van der Waals surface area (Å²) in [5, 5.41) is 28.1. The van der Waals surface area contributed by atoms with Crippen molar-refractivity contribution in [2.45, 2.75) is 63.6 Å². The summed E-state index contributed by atoms with van der Waals surface area (Å²) in [5.41, 5.74) is 0. The van der Waals surface area contributed by atoms with Crippen LogP contribution in [-0.2, 0) is 14.3 Å². The number of Topliss-reactive ketones (excluding diaryl/α,β-unsaturated/α-hetero) is 1. The van der Waals surface area contributed by atoms with Crippen molar-refractivity contribution in [2.24, 2.45) is 0 Å². The summed E-state index contributed by atoms with van der Waals surface area (Å²) < 4.78 is 10.8. The molecule has 6 heteroatoms. The Kier molecular flexibility index (Phi) is 7.48. The first-order valence-corrected chi connectivity index (χ1v) is 6.78. The number of aliphatic hydroxyl groups excluding tert-OH is 3. The van der Waals surface area contributed by atoms with Gasteiger partial charge in [0.1, 0.15) is 18.0 Å². The lowest BCUT2D eigenvalue weighted by Gasteiger charge is -2.36. The van der Waals surface area contributed by atoms with Gasteiger partial charge in [-0.3, -0.25) is 0 Å². The first-order valence-electron chi connectivity index (χ1n) is 6.78. The van der Waals surface area contributed by atoms with Crippen LogP contribution in [0.3, 0.4) is 0 Å². The Morgan fingerprint density at radius 3 is 2.68 bits per heavy atom. The van der Waals surface area contributed by atoms with Gasteiger partial charge >= 0.3 is 0 Å². The highest BCUT2D eigenvalue weighted by molar-refractivity contribution is 5.75. The fourth-order valence-corrected chi connectivity index (χ4v) is 2.04. The second-order valence-corrected chi connectivity index (χ2v) is 4.96. The highest BCUT2D eigenvalue weighted by Crippen LogP contribution is 2.21. The van der Waals surface area contributed by atoms with Crippen molar-refractivity contribution in [3.8, 4) is 0 Å². The third-order valence-corrected chi connectivity index (χ3v) is 3.19. The Morgan fingerprint density at radius 1 is 1.32 bits per heavy atom. The van der Waals surface area contributed by atoms with Crippen LogP contribution in [0, 0.1) is 0 Å². The molecule has 6 nitrogen and oxygen atoms in total. The molecule has 0 spiro atoms. The predicted octanol–water partition coefficient (Wildman–Crippen LogP) is -0.0185. The lowest BCUT2D eigenvalue weighted by atomic mass is 10.0. The zero-order chi connectivity index (χ0) is 14.3. The number of ketones is 1. The first kappa shape index (κ1) is 16.5. The summed E-state index contributed by atoms with van der Waals surface area (Å²) in [6, 6.07) is 0. The second-order valence-electron chi connectivity index (χ2n) is 4.96. The summed E-state index contributed by atoms with van der Waals surface area (Å²) in [6.07, 6.45) is -0.0343. The van der Waals surface area contributed by atoms with E-state index >= 15 is 0 Å². The zero-order valence-electron chi connectivity index (χ0n) is 11.3. The minimum Gasteiger partial charge on any atom is -0.394 e. The Hall–Kier alpha value is -0.530. The fraction of sp³-hybridized carbons (Fsp3) is 0.923. The van der Waals surface area contributed by atoms with Crippen LogP contribution in [-0.4, -0.2) is 58.9 Å². The molecular formula is C13H24O6. The van der Waals surface area contributed by atoms with E-state index in [-0.39, 0.29) is 18.8 Å². The number of ether oxygens (including phenoxy) is 2. The Morgan fingerprint density at radius 2 is 2.05 bits per heavy atom. The van der Waals surface area contributed by atoms with Gasteiger partial charge in [-0.2, -0.15) is 0 Å². The lowest BCUT2D eigenvalue weighted by Crippen LogP contribution is -2.50.